The van der Waals surface area contributed by atoms with E-state index in [1.54, 1.807) is 6.20 Å². The first-order valence-corrected chi connectivity index (χ1v) is 8.11. The van der Waals surface area contributed by atoms with Gasteiger partial charge in [-0.15, -0.1) is 0 Å². The summed E-state index contributed by atoms with van der Waals surface area (Å²) >= 11 is 3.40. The van der Waals surface area contributed by atoms with Crippen LogP contribution in [-0.2, 0) is 6.42 Å². The monoisotopic (exact) mass is 356 g/mol. The smallest absolute Gasteiger partial charge is 0.314 e. The van der Waals surface area contributed by atoms with Crippen molar-refractivity contribution in [3.05, 3.63) is 70.3 Å². The minimum absolute atomic E-state index is 0.0829. The molecule has 4 heteroatoms. The summed E-state index contributed by atoms with van der Waals surface area (Å²) in [5.74, 6) is 0. The Hall–Kier alpha value is -2.07. The lowest BCUT2D eigenvalue weighted by Crippen LogP contribution is -2.40. The fraction of sp³-hybridized carbons (Fsp3) is 0.167. The molecule has 0 atom stereocenters. The van der Waals surface area contributed by atoms with Gasteiger partial charge in [0.2, 0.25) is 0 Å². The van der Waals surface area contributed by atoms with Crippen LogP contribution >= 0.6 is 15.9 Å². The van der Waals surface area contributed by atoms with Crippen molar-refractivity contribution in [2.75, 3.05) is 11.4 Å². The van der Waals surface area contributed by atoms with E-state index in [0.717, 1.165) is 35.1 Å². The van der Waals surface area contributed by atoms with Crippen LogP contribution in [0.5, 0.6) is 0 Å². The third kappa shape index (κ3) is 3.39. The predicted molar refractivity (Wildman–Crippen MR) is 93.8 cm³/mol. The molecule has 1 N–H and O–H groups in total. The number of para-hydroxylation sites is 1. The standard InChI is InChI=1S/C18H17BrN2O/c19-16-9-7-14(8-10-16)11-12-20-18(22)21-13-3-5-15-4-1-2-6-17(15)21/h1-2,4,6-12H,3,5,13H2,(H,20,22)/b12-11+. The molecular formula is C18H17BrN2O. The van der Waals surface area contributed by atoms with E-state index in [0.29, 0.717) is 0 Å². The maximum Gasteiger partial charge on any atom is 0.325 e. The van der Waals surface area contributed by atoms with Crippen LogP contribution in [0, 0.1) is 0 Å². The van der Waals surface area contributed by atoms with Crippen LogP contribution in [-0.4, -0.2) is 12.6 Å². The summed E-state index contributed by atoms with van der Waals surface area (Å²) in [7, 11) is 0. The second kappa shape index (κ2) is 6.79. The number of hydrogen-bond donors (Lipinski definition) is 1. The van der Waals surface area contributed by atoms with Crippen LogP contribution in [0.4, 0.5) is 10.5 Å². The van der Waals surface area contributed by atoms with E-state index in [2.05, 4.69) is 27.3 Å². The highest BCUT2D eigenvalue weighted by Gasteiger charge is 2.21. The number of nitrogens with zero attached hydrogens (tertiary/aromatic N) is 1. The highest BCUT2D eigenvalue weighted by atomic mass is 79.9. The van der Waals surface area contributed by atoms with Crippen molar-refractivity contribution in [3.8, 4) is 0 Å². The SMILES string of the molecule is O=C(N/C=C/c1ccc(Br)cc1)N1CCCc2ccccc21. The maximum atomic E-state index is 12.4. The molecule has 0 spiro atoms. The minimum atomic E-state index is -0.0829. The Balaban J connectivity index is 1.67. The van der Waals surface area contributed by atoms with Crippen molar-refractivity contribution >= 4 is 33.7 Å². The van der Waals surface area contributed by atoms with E-state index in [-0.39, 0.29) is 6.03 Å². The van der Waals surface area contributed by atoms with Gasteiger partial charge in [0, 0.05) is 22.9 Å². The average molecular weight is 357 g/mol. The van der Waals surface area contributed by atoms with Gasteiger partial charge in [0.15, 0.2) is 0 Å². The Morgan fingerprint density at radius 3 is 2.73 bits per heavy atom. The molecule has 1 aliphatic heterocycles. The molecule has 1 aliphatic rings. The minimum Gasteiger partial charge on any atom is -0.314 e. The molecule has 0 saturated carbocycles. The van der Waals surface area contributed by atoms with Gasteiger partial charge < -0.3 is 5.32 Å². The van der Waals surface area contributed by atoms with Crippen molar-refractivity contribution < 1.29 is 4.79 Å². The Morgan fingerprint density at radius 1 is 1.14 bits per heavy atom. The molecule has 0 unspecified atom stereocenters. The molecule has 0 radical (unpaired) electrons. The van der Waals surface area contributed by atoms with Gasteiger partial charge in [-0.1, -0.05) is 46.3 Å². The van der Waals surface area contributed by atoms with Crippen molar-refractivity contribution in [1.29, 1.82) is 0 Å². The molecular weight excluding hydrogens is 340 g/mol. The zero-order chi connectivity index (χ0) is 15.4. The Morgan fingerprint density at radius 2 is 1.91 bits per heavy atom. The van der Waals surface area contributed by atoms with Gasteiger partial charge in [-0.3, -0.25) is 4.90 Å². The highest BCUT2D eigenvalue weighted by Crippen LogP contribution is 2.26. The largest absolute Gasteiger partial charge is 0.325 e. The van der Waals surface area contributed by atoms with Gasteiger partial charge in [-0.05, 0) is 48.2 Å². The summed E-state index contributed by atoms with van der Waals surface area (Å²) in [6.45, 7) is 0.759. The number of halogens is 1. The van der Waals surface area contributed by atoms with Crippen LogP contribution in [0.3, 0.4) is 0 Å². The average Bonchev–Trinajstić information content (AvgIpc) is 2.56. The number of urea groups is 1. The van der Waals surface area contributed by atoms with E-state index in [9.17, 15) is 4.79 Å². The third-order valence-electron chi connectivity index (χ3n) is 3.71. The van der Waals surface area contributed by atoms with E-state index in [1.165, 1.54) is 5.56 Å². The lowest BCUT2D eigenvalue weighted by Gasteiger charge is -2.28. The van der Waals surface area contributed by atoms with Gasteiger partial charge in [0.25, 0.3) is 0 Å². The van der Waals surface area contributed by atoms with Gasteiger partial charge in [0.1, 0.15) is 0 Å². The highest BCUT2D eigenvalue weighted by molar-refractivity contribution is 9.10. The molecule has 2 amide bonds. The van der Waals surface area contributed by atoms with Gasteiger partial charge in [-0.2, -0.15) is 0 Å². The number of carbonyl (C=O) groups excluding carboxylic acids is 1. The summed E-state index contributed by atoms with van der Waals surface area (Å²) in [5, 5.41) is 2.85. The maximum absolute atomic E-state index is 12.4. The number of nitrogens with one attached hydrogen (secondary N) is 1. The number of amides is 2. The number of anilines is 1. The molecule has 0 aromatic heterocycles. The molecule has 0 saturated heterocycles. The number of aryl methyl sites for hydroxylation is 1. The van der Waals surface area contributed by atoms with Crippen LogP contribution in [0.25, 0.3) is 6.08 Å². The molecule has 3 rings (SSSR count). The lowest BCUT2D eigenvalue weighted by molar-refractivity contribution is 0.249. The third-order valence-corrected chi connectivity index (χ3v) is 4.24. The van der Waals surface area contributed by atoms with Crippen LogP contribution < -0.4 is 10.2 Å². The molecule has 0 aliphatic carbocycles. The van der Waals surface area contributed by atoms with Crippen molar-refractivity contribution in [2.24, 2.45) is 0 Å². The molecule has 2 aromatic rings. The van der Waals surface area contributed by atoms with Crippen LogP contribution in [0.2, 0.25) is 0 Å². The molecule has 2 aromatic carbocycles. The number of carbonyl (C=O) groups is 1. The Labute approximate surface area is 138 Å². The summed E-state index contributed by atoms with van der Waals surface area (Å²) in [6, 6.07) is 15.9. The summed E-state index contributed by atoms with van der Waals surface area (Å²) < 4.78 is 1.04. The summed E-state index contributed by atoms with van der Waals surface area (Å²) in [6.07, 6.45) is 5.62. The first-order valence-electron chi connectivity index (χ1n) is 7.32. The molecule has 1 heterocycles. The second-order valence-corrected chi connectivity index (χ2v) is 6.13. The molecule has 0 bridgehead atoms. The van der Waals surface area contributed by atoms with Crippen molar-refractivity contribution in [2.45, 2.75) is 12.8 Å². The number of fused-ring (bicyclic) bond motifs is 1. The van der Waals surface area contributed by atoms with Gasteiger partial charge >= 0.3 is 6.03 Å². The summed E-state index contributed by atoms with van der Waals surface area (Å²) in [5.41, 5.74) is 3.30. The number of benzene rings is 2. The first-order chi connectivity index (χ1) is 10.7. The summed E-state index contributed by atoms with van der Waals surface area (Å²) in [4.78, 5) is 14.2. The van der Waals surface area contributed by atoms with Crippen LogP contribution in [0.1, 0.15) is 17.5 Å². The quantitative estimate of drug-likeness (QED) is 0.838. The van der Waals surface area contributed by atoms with Crippen molar-refractivity contribution in [1.82, 2.24) is 5.32 Å². The zero-order valence-electron chi connectivity index (χ0n) is 12.1. The molecule has 112 valence electrons. The predicted octanol–water partition coefficient (Wildman–Crippen LogP) is 4.58. The van der Waals surface area contributed by atoms with Crippen LogP contribution in [0.15, 0.2) is 59.2 Å². The molecule has 0 fully saturated rings. The van der Waals surface area contributed by atoms with Gasteiger partial charge in [0.05, 0.1) is 0 Å². The Kier molecular flexibility index (Phi) is 4.59. The van der Waals surface area contributed by atoms with Crippen molar-refractivity contribution in [3.63, 3.8) is 0 Å². The lowest BCUT2D eigenvalue weighted by atomic mass is 10.0. The van der Waals surface area contributed by atoms with E-state index >= 15 is 0 Å². The fourth-order valence-corrected chi connectivity index (χ4v) is 2.87. The number of rotatable bonds is 2. The first kappa shape index (κ1) is 14.9. The normalized spacial score (nSPS) is 14.0. The van der Waals surface area contributed by atoms with E-state index in [4.69, 9.17) is 0 Å². The van der Waals surface area contributed by atoms with E-state index < -0.39 is 0 Å². The molecule has 22 heavy (non-hydrogen) atoms. The second-order valence-electron chi connectivity index (χ2n) is 5.22. The fourth-order valence-electron chi connectivity index (χ4n) is 2.61. The zero-order valence-corrected chi connectivity index (χ0v) is 13.7. The number of hydrogen-bond acceptors (Lipinski definition) is 1. The Bertz CT molecular complexity index is 694. The van der Waals surface area contributed by atoms with Gasteiger partial charge in [-0.25, -0.2) is 4.79 Å². The topological polar surface area (TPSA) is 32.3 Å². The molecule has 3 nitrogen and oxygen atoms in total. The van der Waals surface area contributed by atoms with E-state index in [1.807, 2.05) is 53.4 Å².